The van der Waals surface area contributed by atoms with Crippen molar-refractivity contribution >= 4 is 26.7 Å². The van der Waals surface area contributed by atoms with E-state index in [1.165, 1.54) is 11.3 Å². The van der Waals surface area contributed by atoms with Gasteiger partial charge in [-0.3, -0.25) is 0 Å². The number of hydrogen-bond donors (Lipinski definition) is 3. The molecule has 2 atom stereocenters. The molecule has 2 aromatic rings. The van der Waals surface area contributed by atoms with E-state index in [4.69, 9.17) is 11.0 Å². The standard InChI is InChI=1S/C11H11N3O2S/c12-4-3-8(15)10(16)6-1-2-9-7(5-6)14-11(13)17-9/h1-2,5,8,10,15-16H,3H2,(H2,13,14). The van der Waals surface area contributed by atoms with Crippen molar-refractivity contribution in [2.75, 3.05) is 5.73 Å². The summed E-state index contributed by atoms with van der Waals surface area (Å²) in [6, 6.07) is 6.98. The molecule has 0 spiro atoms. The Morgan fingerprint density at radius 1 is 1.47 bits per heavy atom. The summed E-state index contributed by atoms with van der Waals surface area (Å²) in [6.07, 6.45) is -2.28. The third-order valence-electron chi connectivity index (χ3n) is 2.43. The fourth-order valence-electron chi connectivity index (χ4n) is 1.57. The molecule has 17 heavy (non-hydrogen) atoms. The minimum Gasteiger partial charge on any atom is -0.389 e. The molecule has 2 rings (SSSR count). The lowest BCUT2D eigenvalue weighted by atomic mass is 10.0. The zero-order valence-corrected chi connectivity index (χ0v) is 9.68. The number of aliphatic hydroxyl groups excluding tert-OH is 2. The van der Waals surface area contributed by atoms with E-state index in [9.17, 15) is 10.2 Å². The first kappa shape index (κ1) is 11.8. The molecule has 0 amide bonds. The predicted octanol–water partition coefficient (Wildman–Crippen LogP) is 1.19. The van der Waals surface area contributed by atoms with Crippen LogP contribution in [0.3, 0.4) is 0 Å². The van der Waals surface area contributed by atoms with Crippen LogP contribution in [0.1, 0.15) is 18.1 Å². The smallest absolute Gasteiger partial charge is 0.181 e. The van der Waals surface area contributed by atoms with Crippen molar-refractivity contribution in [2.24, 2.45) is 0 Å². The molecule has 0 fully saturated rings. The summed E-state index contributed by atoms with van der Waals surface area (Å²) in [5.74, 6) is 0. The normalized spacial score (nSPS) is 14.4. The maximum Gasteiger partial charge on any atom is 0.181 e. The molecular formula is C11H11N3O2S. The van der Waals surface area contributed by atoms with Crippen LogP contribution < -0.4 is 5.73 Å². The minimum atomic E-state index is -1.09. The lowest BCUT2D eigenvalue weighted by molar-refractivity contribution is 0.0217. The Labute approximate surface area is 102 Å². The summed E-state index contributed by atoms with van der Waals surface area (Å²) in [5, 5.41) is 28.3. The molecule has 88 valence electrons. The number of fused-ring (bicyclic) bond motifs is 1. The molecule has 0 aliphatic carbocycles. The Morgan fingerprint density at radius 2 is 2.24 bits per heavy atom. The molecule has 0 saturated carbocycles. The summed E-state index contributed by atoms with van der Waals surface area (Å²) in [5.41, 5.74) is 6.80. The van der Waals surface area contributed by atoms with Gasteiger partial charge in [0.25, 0.3) is 0 Å². The summed E-state index contributed by atoms with van der Waals surface area (Å²) in [7, 11) is 0. The van der Waals surface area contributed by atoms with Crippen LogP contribution in [0, 0.1) is 11.3 Å². The van der Waals surface area contributed by atoms with Gasteiger partial charge in [0.15, 0.2) is 5.13 Å². The Morgan fingerprint density at radius 3 is 2.94 bits per heavy atom. The number of thiazole rings is 1. The zero-order chi connectivity index (χ0) is 12.4. The first-order chi connectivity index (χ1) is 8.11. The molecule has 1 aromatic carbocycles. The van der Waals surface area contributed by atoms with Crippen molar-refractivity contribution in [1.29, 1.82) is 5.26 Å². The van der Waals surface area contributed by atoms with Gasteiger partial charge in [0.2, 0.25) is 0 Å². The number of rotatable bonds is 3. The van der Waals surface area contributed by atoms with Crippen LogP contribution in [0.25, 0.3) is 10.2 Å². The summed E-state index contributed by atoms with van der Waals surface area (Å²) >= 11 is 1.36. The average molecular weight is 249 g/mol. The molecule has 4 N–H and O–H groups in total. The van der Waals surface area contributed by atoms with Crippen molar-refractivity contribution in [2.45, 2.75) is 18.6 Å². The highest BCUT2D eigenvalue weighted by Crippen LogP contribution is 2.27. The second-order valence-electron chi connectivity index (χ2n) is 3.65. The molecule has 1 heterocycles. The van der Waals surface area contributed by atoms with Gasteiger partial charge < -0.3 is 15.9 Å². The van der Waals surface area contributed by atoms with Crippen LogP contribution in [0.2, 0.25) is 0 Å². The van der Waals surface area contributed by atoms with Crippen LogP contribution in [0.5, 0.6) is 0 Å². The number of nitrogen functional groups attached to an aromatic ring is 1. The number of nitrogens with zero attached hydrogens (tertiary/aromatic N) is 2. The van der Waals surface area contributed by atoms with Crippen LogP contribution >= 0.6 is 11.3 Å². The molecule has 0 bridgehead atoms. The molecule has 2 unspecified atom stereocenters. The summed E-state index contributed by atoms with van der Waals surface area (Å²) in [6.45, 7) is 0. The number of benzene rings is 1. The first-order valence-electron chi connectivity index (χ1n) is 5.01. The van der Waals surface area contributed by atoms with Gasteiger partial charge in [-0.15, -0.1) is 0 Å². The second-order valence-corrected chi connectivity index (χ2v) is 4.72. The van der Waals surface area contributed by atoms with Crippen LogP contribution in [0.4, 0.5) is 5.13 Å². The third kappa shape index (κ3) is 2.36. The maximum atomic E-state index is 9.83. The van der Waals surface area contributed by atoms with E-state index in [1.54, 1.807) is 18.2 Å². The highest BCUT2D eigenvalue weighted by molar-refractivity contribution is 7.22. The van der Waals surface area contributed by atoms with Gasteiger partial charge in [-0.2, -0.15) is 5.26 Å². The van der Waals surface area contributed by atoms with E-state index in [-0.39, 0.29) is 6.42 Å². The molecule has 5 nitrogen and oxygen atoms in total. The minimum absolute atomic E-state index is 0.113. The monoisotopic (exact) mass is 249 g/mol. The lowest BCUT2D eigenvalue weighted by Gasteiger charge is -2.15. The lowest BCUT2D eigenvalue weighted by Crippen LogP contribution is -2.17. The largest absolute Gasteiger partial charge is 0.389 e. The van der Waals surface area contributed by atoms with Gasteiger partial charge in [0.1, 0.15) is 6.10 Å². The van der Waals surface area contributed by atoms with Crippen LogP contribution in [-0.4, -0.2) is 21.3 Å². The Balaban J connectivity index is 2.32. The molecular weight excluding hydrogens is 238 g/mol. The van der Waals surface area contributed by atoms with Gasteiger partial charge in [-0.1, -0.05) is 17.4 Å². The number of nitrogens with two attached hydrogens (primary N) is 1. The molecule has 0 aliphatic rings. The highest BCUT2D eigenvalue weighted by atomic mass is 32.1. The average Bonchev–Trinajstić information content (AvgIpc) is 2.67. The van der Waals surface area contributed by atoms with Crippen molar-refractivity contribution in [3.05, 3.63) is 23.8 Å². The van der Waals surface area contributed by atoms with Gasteiger partial charge >= 0.3 is 0 Å². The zero-order valence-electron chi connectivity index (χ0n) is 8.87. The first-order valence-corrected chi connectivity index (χ1v) is 5.82. The van der Waals surface area contributed by atoms with Crippen molar-refractivity contribution < 1.29 is 10.2 Å². The van der Waals surface area contributed by atoms with E-state index in [1.807, 2.05) is 6.07 Å². The number of aromatic nitrogens is 1. The van der Waals surface area contributed by atoms with Gasteiger partial charge in [-0.25, -0.2) is 4.98 Å². The summed E-state index contributed by atoms with van der Waals surface area (Å²) in [4.78, 5) is 4.10. The third-order valence-corrected chi connectivity index (χ3v) is 3.30. The van der Waals surface area contributed by atoms with E-state index in [0.29, 0.717) is 16.2 Å². The molecule has 1 aromatic heterocycles. The Hall–Kier alpha value is -1.68. The van der Waals surface area contributed by atoms with Gasteiger partial charge in [0.05, 0.1) is 28.8 Å². The van der Waals surface area contributed by atoms with Crippen molar-refractivity contribution in [1.82, 2.24) is 4.98 Å². The quantitative estimate of drug-likeness (QED) is 0.758. The van der Waals surface area contributed by atoms with E-state index in [0.717, 1.165) is 4.70 Å². The molecule has 0 saturated heterocycles. The second kappa shape index (κ2) is 4.67. The number of aliphatic hydroxyl groups is 2. The van der Waals surface area contributed by atoms with Crippen LogP contribution in [-0.2, 0) is 0 Å². The van der Waals surface area contributed by atoms with Gasteiger partial charge in [-0.05, 0) is 17.7 Å². The van der Waals surface area contributed by atoms with E-state index < -0.39 is 12.2 Å². The number of nitriles is 1. The van der Waals surface area contributed by atoms with Crippen molar-refractivity contribution in [3.63, 3.8) is 0 Å². The highest BCUT2D eigenvalue weighted by Gasteiger charge is 2.18. The predicted molar refractivity (Wildman–Crippen MR) is 65.2 cm³/mol. The number of hydrogen-bond acceptors (Lipinski definition) is 6. The Bertz CT molecular complexity index is 576. The van der Waals surface area contributed by atoms with E-state index >= 15 is 0 Å². The Kier molecular flexibility index (Phi) is 3.24. The van der Waals surface area contributed by atoms with Crippen LogP contribution in [0.15, 0.2) is 18.2 Å². The van der Waals surface area contributed by atoms with Crippen molar-refractivity contribution in [3.8, 4) is 6.07 Å². The molecule has 0 radical (unpaired) electrons. The van der Waals surface area contributed by atoms with E-state index in [2.05, 4.69) is 4.98 Å². The number of anilines is 1. The van der Waals surface area contributed by atoms with Gasteiger partial charge in [0, 0.05) is 0 Å². The molecule has 6 heteroatoms. The fourth-order valence-corrected chi connectivity index (χ4v) is 2.29. The maximum absolute atomic E-state index is 9.83. The SMILES string of the molecule is N#CCC(O)C(O)c1ccc2sc(N)nc2c1. The molecule has 0 aliphatic heterocycles. The summed E-state index contributed by atoms with van der Waals surface area (Å²) < 4.78 is 0.924. The topological polar surface area (TPSA) is 103 Å². The fraction of sp³-hybridized carbons (Fsp3) is 0.273.